The van der Waals surface area contributed by atoms with Crippen LogP contribution in [0.5, 0.6) is 0 Å². The minimum Gasteiger partial charge on any atom is -0.345 e. The summed E-state index contributed by atoms with van der Waals surface area (Å²) in [5.41, 5.74) is 4.64. The Labute approximate surface area is 170 Å². The van der Waals surface area contributed by atoms with Crippen molar-refractivity contribution in [1.82, 2.24) is 30.0 Å². The molecule has 144 valence electrons. The molecule has 0 aliphatic rings. The van der Waals surface area contributed by atoms with E-state index in [1.807, 2.05) is 61.8 Å². The van der Waals surface area contributed by atoms with Gasteiger partial charge in [-0.25, -0.2) is 9.97 Å². The number of para-hydroxylation sites is 2. The molecule has 0 saturated carbocycles. The predicted molar refractivity (Wildman–Crippen MR) is 114 cm³/mol. The van der Waals surface area contributed by atoms with Crippen molar-refractivity contribution in [3.05, 3.63) is 64.9 Å². The highest BCUT2D eigenvalue weighted by molar-refractivity contribution is 7.13. The maximum absolute atomic E-state index is 13.1. The van der Waals surface area contributed by atoms with Gasteiger partial charge in [-0.1, -0.05) is 18.2 Å². The van der Waals surface area contributed by atoms with Gasteiger partial charge in [0.1, 0.15) is 5.82 Å². The number of aryl methyl sites for hydroxylation is 2. The third-order valence-corrected chi connectivity index (χ3v) is 5.73. The number of H-pyrrole nitrogens is 1. The Morgan fingerprint density at radius 1 is 1.21 bits per heavy atom. The quantitative estimate of drug-likeness (QED) is 0.478. The summed E-state index contributed by atoms with van der Waals surface area (Å²) in [5.74, 6) is 0.540. The molecule has 0 unspecified atom stereocenters. The van der Waals surface area contributed by atoms with E-state index in [4.69, 9.17) is 4.98 Å². The molecule has 0 atom stereocenters. The van der Waals surface area contributed by atoms with E-state index in [1.165, 1.54) is 0 Å². The van der Waals surface area contributed by atoms with Crippen molar-refractivity contribution in [2.45, 2.75) is 13.5 Å². The molecule has 29 heavy (non-hydrogen) atoms. The van der Waals surface area contributed by atoms with E-state index < -0.39 is 0 Å². The van der Waals surface area contributed by atoms with Crippen LogP contribution in [0.15, 0.2) is 47.8 Å². The molecule has 4 heterocycles. The van der Waals surface area contributed by atoms with Crippen molar-refractivity contribution in [3.63, 3.8) is 0 Å². The third kappa shape index (κ3) is 3.07. The number of hydrogen-bond donors (Lipinski definition) is 2. The van der Waals surface area contributed by atoms with E-state index in [-0.39, 0.29) is 5.91 Å². The van der Waals surface area contributed by atoms with Crippen molar-refractivity contribution >= 4 is 39.3 Å². The Kier molecular flexibility index (Phi) is 4.13. The van der Waals surface area contributed by atoms with Crippen LogP contribution in [0.4, 0.5) is 0 Å². The van der Waals surface area contributed by atoms with Gasteiger partial charge < -0.3 is 10.3 Å². The van der Waals surface area contributed by atoms with E-state index in [1.54, 1.807) is 16.0 Å². The summed E-state index contributed by atoms with van der Waals surface area (Å²) in [5, 5.41) is 10.2. The Balaban J connectivity index is 1.51. The summed E-state index contributed by atoms with van der Waals surface area (Å²) in [6.45, 7) is 2.20. The summed E-state index contributed by atoms with van der Waals surface area (Å²) in [6, 6.07) is 13.6. The highest BCUT2D eigenvalue weighted by Gasteiger charge is 2.19. The standard InChI is InChI=1S/C21H18N6OS/c1-12-19-13(10-16(17-8-5-9-29-17)25-20(19)27(2)26-12)21(28)22-11-18-23-14-6-3-4-7-15(14)24-18/h3-10H,11H2,1-2H3,(H,22,28)(H,23,24). The lowest BCUT2D eigenvalue weighted by Crippen LogP contribution is -2.24. The van der Waals surface area contributed by atoms with Gasteiger partial charge in [0.25, 0.3) is 5.91 Å². The highest BCUT2D eigenvalue weighted by Crippen LogP contribution is 2.29. The molecule has 1 amide bonds. The van der Waals surface area contributed by atoms with Crippen LogP contribution < -0.4 is 5.32 Å². The Bertz CT molecular complexity index is 1320. The second-order valence-electron chi connectivity index (χ2n) is 6.82. The van der Waals surface area contributed by atoms with E-state index in [2.05, 4.69) is 20.4 Å². The zero-order valence-corrected chi connectivity index (χ0v) is 16.7. The number of carbonyl (C=O) groups excluding carboxylic acids is 1. The zero-order chi connectivity index (χ0) is 20.0. The molecule has 0 spiro atoms. The Hall–Kier alpha value is -3.52. The predicted octanol–water partition coefficient (Wildman–Crippen LogP) is 3.81. The molecule has 0 fully saturated rings. The number of benzene rings is 1. The molecule has 5 aromatic rings. The Morgan fingerprint density at radius 2 is 2.07 bits per heavy atom. The summed E-state index contributed by atoms with van der Waals surface area (Å²) < 4.78 is 1.72. The fraction of sp³-hybridized carbons (Fsp3) is 0.143. The summed E-state index contributed by atoms with van der Waals surface area (Å²) in [6.07, 6.45) is 0. The van der Waals surface area contributed by atoms with E-state index in [0.29, 0.717) is 23.6 Å². The molecule has 1 aromatic carbocycles. The first-order valence-electron chi connectivity index (χ1n) is 9.20. The number of amides is 1. The maximum atomic E-state index is 13.1. The molecule has 0 aliphatic heterocycles. The van der Waals surface area contributed by atoms with Crippen molar-refractivity contribution in [2.24, 2.45) is 7.05 Å². The lowest BCUT2D eigenvalue weighted by atomic mass is 10.1. The molecular weight excluding hydrogens is 384 g/mol. The summed E-state index contributed by atoms with van der Waals surface area (Å²) in [4.78, 5) is 26.6. The molecule has 0 bridgehead atoms. The highest BCUT2D eigenvalue weighted by atomic mass is 32.1. The average Bonchev–Trinajstić information content (AvgIpc) is 3.45. The second kappa shape index (κ2) is 6.82. The molecular formula is C21H18N6OS. The van der Waals surface area contributed by atoms with E-state index >= 15 is 0 Å². The van der Waals surface area contributed by atoms with Gasteiger partial charge >= 0.3 is 0 Å². The molecule has 0 aliphatic carbocycles. The largest absolute Gasteiger partial charge is 0.345 e. The minimum atomic E-state index is -0.174. The van der Waals surface area contributed by atoms with Gasteiger partial charge in [0, 0.05) is 7.05 Å². The monoisotopic (exact) mass is 402 g/mol. The number of nitrogens with zero attached hydrogens (tertiary/aromatic N) is 4. The number of hydrogen-bond acceptors (Lipinski definition) is 5. The number of aromatic amines is 1. The normalized spacial score (nSPS) is 11.4. The van der Waals surface area contributed by atoms with Crippen LogP contribution in [0, 0.1) is 6.92 Å². The van der Waals surface area contributed by atoms with E-state index in [0.717, 1.165) is 32.7 Å². The van der Waals surface area contributed by atoms with Crippen LogP contribution in [0.3, 0.4) is 0 Å². The number of imidazole rings is 1. The van der Waals surface area contributed by atoms with Crippen LogP contribution in [0.2, 0.25) is 0 Å². The van der Waals surface area contributed by atoms with Crippen LogP contribution >= 0.6 is 11.3 Å². The number of nitrogens with one attached hydrogen (secondary N) is 2. The molecule has 0 saturated heterocycles. The molecule has 8 heteroatoms. The summed E-state index contributed by atoms with van der Waals surface area (Å²) >= 11 is 1.59. The molecule has 4 aromatic heterocycles. The lowest BCUT2D eigenvalue weighted by molar-refractivity contribution is 0.0951. The van der Waals surface area contributed by atoms with Gasteiger partial charge in [-0.15, -0.1) is 11.3 Å². The third-order valence-electron chi connectivity index (χ3n) is 4.84. The lowest BCUT2D eigenvalue weighted by Gasteiger charge is -2.08. The van der Waals surface area contributed by atoms with Gasteiger partial charge in [-0.05, 0) is 36.6 Å². The van der Waals surface area contributed by atoms with Gasteiger partial charge in [0.2, 0.25) is 0 Å². The molecule has 7 nitrogen and oxygen atoms in total. The minimum absolute atomic E-state index is 0.174. The van der Waals surface area contributed by atoms with Crippen LogP contribution in [0.1, 0.15) is 21.9 Å². The number of rotatable bonds is 4. The topological polar surface area (TPSA) is 88.5 Å². The first-order chi connectivity index (χ1) is 14.1. The second-order valence-corrected chi connectivity index (χ2v) is 7.77. The van der Waals surface area contributed by atoms with Crippen LogP contribution in [0.25, 0.3) is 32.6 Å². The number of aromatic nitrogens is 5. The molecule has 2 N–H and O–H groups in total. The maximum Gasteiger partial charge on any atom is 0.252 e. The first kappa shape index (κ1) is 17.6. The van der Waals surface area contributed by atoms with Gasteiger partial charge in [-0.2, -0.15) is 5.10 Å². The van der Waals surface area contributed by atoms with Crippen molar-refractivity contribution in [2.75, 3.05) is 0 Å². The fourth-order valence-corrected chi connectivity index (χ4v) is 4.21. The van der Waals surface area contributed by atoms with Gasteiger partial charge in [-0.3, -0.25) is 9.48 Å². The zero-order valence-electron chi connectivity index (χ0n) is 15.9. The smallest absolute Gasteiger partial charge is 0.252 e. The molecule has 5 rings (SSSR count). The number of thiophene rings is 1. The summed E-state index contributed by atoms with van der Waals surface area (Å²) in [7, 11) is 1.84. The Morgan fingerprint density at radius 3 is 2.86 bits per heavy atom. The first-order valence-corrected chi connectivity index (χ1v) is 10.1. The van der Waals surface area contributed by atoms with Crippen LogP contribution in [-0.4, -0.2) is 30.6 Å². The average molecular weight is 402 g/mol. The van der Waals surface area contributed by atoms with Gasteiger partial charge in [0.05, 0.1) is 44.8 Å². The fourth-order valence-electron chi connectivity index (χ4n) is 3.52. The van der Waals surface area contributed by atoms with Crippen molar-refractivity contribution in [3.8, 4) is 10.6 Å². The van der Waals surface area contributed by atoms with Crippen LogP contribution in [-0.2, 0) is 13.6 Å². The number of fused-ring (bicyclic) bond motifs is 2. The van der Waals surface area contributed by atoms with Gasteiger partial charge in [0.15, 0.2) is 5.65 Å². The van der Waals surface area contributed by atoms with Crippen molar-refractivity contribution in [1.29, 1.82) is 0 Å². The van der Waals surface area contributed by atoms with E-state index in [9.17, 15) is 4.79 Å². The SMILES string of the molecule is Cc1nn(C)c2nc(-c3cccs3)cc(C(=O)NCc3nc4ccccc4[nH]3)c12. The molecule has 0 radical (unpaired) electrons. The number of pyridine rings is 1. The van der Waals surface area contributed by atoms with Crippen molar-refractivity contribution < 1.29 is 4.79 Å². The number of carbonyl (C=O) groups is 1.